The number of hydrogen-bond donors (Lipinski definition) is 1. The van der Waals surface area contributed by atoms with Crippen LogP contribution in [-0.4, -0.2) is 15.0 Å². The van der Waals surface area contributed by atoms with Crippen LogP contribution in [0.4, 0.5) is 0 Å². The monoisotopic (exact) mass is 214 g/mol. The summed E-state index contributed by atoms with van der Waals surface area (Å²) in [6.45, 7) is 0. The van der Waals surface area contributed by atoms with Crippen LogP contribution in [0.5, 0.6) is 0 Å². The molecule has 0 atom stereocenters. The molecule has 0 unspecified atom stereocenters. The number of pyridine rings is 1. The van der Waals surface area contributed by atoms with Crippen LogP contribution < -0.4 is 0 Å². The summed E-state index contributed by atoms with van der Waals surface area (Å²) in [5.41, 5.74) is 2.08. The second-order valence-electron chi connectivity index (χ2n) is 2.87. The predicted molar refractivity (Wildman–Crippen MR) is 57.4 cm³/mol. The van der Waals surface area contributed by atoms with Crippen molar-refractivity contribution in [1.82, 2.24) is 15.0 Å². The van der Waals surface area contributed by atoms with Crippen molar-refractivity contribution in [3.63, 3.8) is 0 Å². The number of nitrogens with one attached hydrogen (secondary N) is 1. The Morgan fingerprint density at radius 3 is 2.87 bits per heavy atom. The van der Waals surface area contributed by atoms with Crippen molar-refractivity contribution in [2.24, 2.45) is 0 Å². The van der Waals surface area contributed by atoms with E-state index in [4.69, 9.17) is 17.5 Å². The fourth-order valence-electron chi connectivity index (χ4n) is 1.20. The smallest absolute Gasteiger partial charge is 0.113 e. The molecule has 0 fully saturated rings. The molecule has 0 aromatic carbocycles. The summed E-state index contributed by atoms with van der Waals surface area (Å²) >= 11 is 5.11. The minimum absolute atomic E-state index is 0.505. The first-order valence-corrected chi connectivity index (χ1v) is 4.60. The van der Waals surface area contributed by atoms with Crippen LogP contribution in [0.25, 0.3) is 11.1 Å². The zero-order valence-corrected chi connectivity index (χ0v) is 8.45. The van der Waals surface area contributed by atoms with E-state index in [2.05, 4.69) is 15.0 Å². The van der Waals surface area contributed by atoms with Crippen LogP contribution in [0.15, 0.2) is 31.0 Å². The highest BCUT2D eigenvalue weighted by Crippen LogP contribution is 2.18. The molecule has 0 bridgehead atoms. The maximum absolute atomic E-state index is 8.74. The van der Waals surface area contributed by atoms with E-state index in [0.717, 1.165) is 11.1 Å². The van der Waals surface area contributed by atoms with Gasteiger partial charge in [0.05, 0.1) is 11.9 Å². The molecular formula is C10H6N4S. The number of nitrogens with zero attached hydrogens (tertiary/aromatic N) is 3. The maximum atomic E-state index is 8.74. The van der Waals surface area contributed by atoms with Gasteiger partial charge in [0, 0.05) is 29.7 Å². The minimum atomic E-state index is 0.505. The predicted octanol–water partition coefficient (Wildman–Crippen LogP) is 2.07. The molecular weight excluding hydrogens is 208 g/mol. The van der Waals surface area contributed by atoms with Crippen molar-refractivity contribution in [2.45, 2.75) is 0 Å². The van der Waals surface area contributed by atoms with Crippen molar-refractivity contribution in [3.8, 4) is 17.2 Å². The number of hydrogen-bond acceptors (Lipinski definition) is 4. The van der Waals surface area contributed by atoms with Crippen LogP contribution in [0, 0.1) is 16.0 Å². The van der Waals surface area contributed by atoms with E-state index in [1.54, 1.807) is 18.5 Å². The third-order valence-electron chi connectivity index (χ3n) is 1.90. The van der Waals surface area contributed by atoms with E-state index in [0.29, 0.717) is 10.2 Å². The molecule has 0 saturated heterocycles. The lowest BCUT2D eigenvalue weighted by molar-refractivity contribution is 1.15. The van der Waals surface area contributed by atoms with Crippen molar-refractivity contribution in [2.75, 3.05) is 0 Å². The van der Waals surface area contributed by atoms with Gasteiger partial charge in [0.1, 0.15) is 10.7 Å². The second-order valence-corrected chi connectivity index (χ2v) is 3.28. The second kappa shape index (κ2) is 3.98. The van der Waals surface area contributed by atoms with Crippen molar-refractivity contribution in [3.05, 3.63) is 41.2 Å². The highest BCUT2D eigenvalue weighted by atomic mass is 32.1. The summed E-state index contributed by atoms with van der Waals surface area (Å²) in [4.78, 5) is 10.7. The first-order valence-electron chi connectivity index (χ1n) is 4.19. The molecule has 0 radical (unpaired) electrons. The molecule has 72 valence electrons. The fourth-order valence-corrected chi connectivity index (χ4v) is 1.42. The minimum Gasteiger partial charge on any atom is -0.337 e. The van der Waals surface area contributed by atoms with Gasteiger partial charge in [-0.25, -0.2) is 4.98 Å². The Morgan fingerprint density at radius 2 is 2.13 bits per heavy atom. The van der Waals surface area contributed by atoms with Gasteiger partial charge >= 0.3 is 0 Å². The van der Waals surface area contributed by atoms with E-state index in [9.17, 15) is 0 Å². The molecule has 15 heavy (non-hydrogen) atoms. The summed E-state index contributed by atoms with van der Waals surface area (Å²) in [6, 6.07) is 3.76. The lowest BCUT2D eigenvalue weighted by Crippen LogP contribution is -1.87. The first kappa shape index (κ1) is 9.49. The summed E-state index contributed by atoms with van der Waals surface area (Å²) in [7, 11) is 0. The number of nitriles is 1. The molecule has 4 nitrogen and oxygen atoms in total. The average Bonchev–Trinajstić information content (AvgIpc) is 2.30. The van der Waals surface area contributed by atoms with Gasteiger partial charge in [-0.2, -0.15) is 5.26 Å². The number of rotatable bonds is 1. The third-order valence-corrected chi connectivity index (χ3v) is 2.23. The van der Waals surface area contributed by atoms with Gasteiger partial charge in [-0.05, 0) is 6.07 Å². The Labute approximate surface area is 91.3 Å². The molecule has 2 aromatic heterocycles. The van der Waals surface area contributed by atoms with Crippen LogP contribution in [0.2, 0.25) is 0 Å². The van der Waals surface area contributed by atoms with E-state index in [1.165, 1.54) is 12.5 Å². The number of H-pyrrole nitrogens is 1. The fraction of sp³-hybridized carbons (Fsp3) is 0. The summed E-state index contributed by atoms with van der Waals surface area (Å²) in [5.74, 6) is 0. The van der Waals surface area contributed by atoms with E-state index < -0.39 is 0 Å². The van der Waals surface area contributed by atoms with Crippen molar-refractivity contribution in [1.29, 1.82) is 5.26 Å². The summed E-state index contributed by atoms with van der Waals surface area (Å²) in [6.07, 6.45) is 6.33. The Hall–Kier alpha value is -2.06. The van der Waals surface area contributed by atoms with Gasteiger partial charge in [-0.3, -0.25) is 4.98 Å². The van der Waals surface area contributed by atoms with Crippen LogP contribution in [-0.2, 0) is 0 Å². The molecule has 1 N–H and O–H groups in total. The van der Waals surface area contributed by atoms with Crippen LogP contribution in [0.1, 0.15) is 5.56 Å². The Balaban J connectivity index is 2.61. The third kappa shape index (κ3) is 1.90. The molecule has 0 saturated carbocycles. The standard InChI is InChI=1S/C10H6N4S/c11-2-7-1-8(4-12-3-7)9-5-13-6-14-10(9)15/h1,3-6H,(H,13,14,15). The molecule has 0 aliphatic heterocycles. The van der Waals surface area contributed by atoms with E-state index >= 15 is 0 Å². The molecule has 2 rings (SSSR count). The van der Waals surface area contributed by atoms with Gasteiger partial charge in [0.15, 0.2) is 0 Å². The summed E-state index contributed by atoms with van der Waals surface area (Å²) in [5, 5.41) is 8.74. The van der Waals surface area contributed by atoms with E-state index in [-0.39, 0.29) is 0 Å². The molecule has 0 aliphatic carbocycles. The Morgan fingerprint density at radius 1 is 1.27 bits per heavy atom. The van der Waals surface area contributed by atoms with Gasteiger partial charge < -0.3 is 4.98 Å². The molecule has 0 spiro atoms. The number of aromatic amines is 1. The maximum Gasteiger partial charge on any atom is 0.113 e. The van der Waals surface area contributed by atoms with Crippen molar-refractivity contribution < 1.29 is 0 Å². The Bertz CT molecular complexity index is 582. The molecule has 2 heterocycles. The van der Waals surface area contributed by atoms with Gasteiger partial charge in [0.2, 0.25) is 0 Å². The highest BCUT2D eigenvalue weighted by Gasteiger charge is 2.01. The number of aromatic nitrogens is 3. The molecule has 0 aliphatic rings. The average molecular weight is 214 g/mol. The SMILES string of the molecule is N#Cc1cncc(-c2cnc[nH]c2=S)c1. The van der Waals surface area contributed by atoms with Gasteiger partial charge in [0.25, 0.3) is 0 Å². The largest absolute Gasteiger partial charge is 0.337 e. The quantitative estimate of drug-likeness (QED) is 0.738. The van der Waals surface area contributed by atoms with Crippen molar-refractivity contribution >= 4 is 12.2 Å². The topological polar surface area (TPSA) is 65.4 Å². The van der Waals surface area contributed by atoms with E-state index in [1.807, 2.05) is 6.07 Å². The normalized spacial score (nSPS) is 9.53. The van der Waals surface area contributed by atoms with Gasteiger partial charge in [-0.15, -0.1) is 0 Å². The van der Waals surface area contributed by atoms with Crippen LogP contribution >= 0.6 is 12.2 Å². The lowest BCUT2D eigenvalue weighted by Gasteiger charge is -1.99. The van der Waals surface area contributed by atoms with Crippen LogP contribution in [0.3, 0.4) is 0 Å². The molecule has 2 aromatic rings. The first-order chi connectivity index (χ1) is 7.31. The molecule has 5 heteroatoms. The zero-order valence-electron chi connectivity index (χ0n) is 7.64. The highest BCUT2D eigenvalue weighted by molar-refractivity contribution is 7.71. The Kier molecular flexibility index (Phi) is 2.52. The summed E-state index contributed by atoms with van der Waals surface area (Å²) < 4.78 is 0.585. The molecule has 0 amide bonds. The zero-order chi connectivity index (χ0) is 10.7. The lowest BCUT2D eigenvalue weighted by atomic mass is 10.1. The van der Waals surface area contributed by atoms with Gasteiger partial charge in [-0.1, -0.05) is 12.2 Å².